The van der Waals surface area contributed by atoms with E-state index in [-0.39, 0.29) is 5.91 Å². The molecule has 0 aliphatic carbocycles. The van der Waals surface area contributed by atoms with E-state index in [9.17, 15) is 4.79 Å². The van der Waals surface area contributed by atoms with Gasteiger partial charge in [0.2, 0.25) is 0 Å². The Morgan fingerprint density at radius 1 is 1.08 bits per heavy atom. The zero-order chi connectivity index (χ0) is 17.1. The Balaban J connectivity index is 1.91. The standard InChI is InChI=1S/C20H21N3O/c1-4-19-18(20(24)22-16-7-5-6-15(3)12-16)13-21-23(19)17-10-8-14(2)9-11-17/h5-13H,4H2,1-3H3,(H,22,24). The van der Waals surface area contributed by atoms with Crippen LogP contribution in [-0.4, -0.2) is 15.7 Å². The van der Waals surface area contributed by atoms with Crippen molar-refractivity contribution in [2.75, 3.05) is 5.32 Å². The maximum Gasteiger partial charge on any atom is 0.259 e. The van der Waals surface area contributed by atoms with Gasteiger partial charge in [-0.05, 0) is 50.1 Å². The zero-order valence-electron chi connectivity index (χ0n) is 14.2. The number of hydrogen-bond acceptors (Lipinski definition) is 2. The van der Waals surface area contributed by atoms with Crippen molar-refractivity contribution >= 4 is 11.6 Å². The van der Waals surface area contributed by atoms with E-state index in [1.807, 2.05) is 74.0 Å². The molecule has 0 unspecified atom stereocenters. The number of aryl methyl sites for hydroxylation is 2. The maximum atomic E-state index is 12.6. The molecular formula is C20H21N3O. The van der Waals surface area contributed by atoms with Crippen molar-refractivity contribution in [2.45, 2.75) is 27.2 Å². The number of carbonyl (C=O) groups excluding carboxylic acids is 1. The Kier molecular flexibility index (Phi) is 4.47. The topological polar surface area (TPSA) is 46.9 Å². The van der Waals surface area contributed by atoms with Gasteiger partial charge in [-0.3, -0.25) is 4.79 Å². The number of rotatable bonds is 4. The summed E-state index contributed by atoms with van der Waals surface area (Å²) in [5, 5.41) is 7.38. The Morgan fingerprint density at radius 3 is 2.50 bits per heavy atom. The number of aromatic nitrogens is 2. The van der Waals surface area contributed by atoms with Gasteiger partial charge in [0.05, 0.1) is 23.1 Å². The summed E-state index contributed by atoms with van der Waals surface area (Å²) < 4.78 is 1.84. The van der Waals surface area contributed by atoms with E-state index in [0.29, 0.717) is 5.56 Å². The lowest BCUT2D eigenvalue weighted by atomic mass is 10.1. The average molecular weight is 319 g/mol. The largest absolute Gasteiger partial charge is 0.322 e. The van der Waals surface area contributed by atoms with Crippen LogP contribution in [0.25, 0.3) is 5.69 Å². The third-order valence-corrected chi connectivity index (χ3v) is 4.00. The number of amides is 1. The summed E-state index contributed by atoms with van der Waals surface area (Å²) in [6.07, 6.45) is 2.37. The third kappa shape index (κ3) is 3.23. The molecule has 0 atom stereocenters. The Morgan fingerprint density at radius 2 is 1.83 bits per heavy atom. The van der Waals surface area contributed by atoms with Gasteiger partial charge in [-0.25, -0.2) is 4.68 Å². The van der Waals surface area contributed by atoms with E-state index < -0.39 is 0 Å². The minimum atomic E-state index is -0.129. The first-order valence-corrected chi connectivity index (χ1v) is 8.10. The normalized spacial score (nSPS) is 10.6. The molecule has 0 bridgehead atoms. The molecule has 1 aromatic heterocycles. The predicted octanol–water partition coefficient (Wildman–Crippen LogP) is 4.30. The molecule has 1 heterocycles. The molecule has 0 saturated carbocycles. The molecule has 0 aliphatic heterocycles. The van der Waals surface area contributed by atoms with Crippen LogP contribution in [0.3, 0.4) is 0 Å². The lowest BCUT2D eigenvalue weighted by Crippen LogP contribution is -2.14. The van der Waals surface area contributed by atoms with Crippen molar-refractivity contribution in [3.63, 3.8) is 0 Å². The van der Waals surface area contributed by atoms with Crippen LogP contribution < -0.4 is 5.32 Å². The number of hydrogen-bond donors (Lipinski definition) is 1. The second-order valence-corrected chi connectivity index (χ2v) is 5.93. The molecule has 4 heteroatoms. The van der Waals surface area contributed by atoms with E-state index in [1.165, 1.54) is 5.56 Å². The molecule has 0 fully saturated rings. The first kappa shape index (κ1) is 16.0. The molecular weight excluding hydrogens is 298 g/mol. The summed E-state index contributed by atoms with van der Waals surface area (Å²) >= 11 is 0. The van der Waals surface area contributed by atoms with Gasteiger partial charge in [0.1, 0.15) is 0 Å². The van der Waals surface area contributed by atoms with Gasteiger partial charge in [-0.1, -0.05) is 36.8 Å². The van der Waals surface area contributed by atoms with Crippen LogP contribution in [0.15, 0.2) is 54.7 Å². The van der Waals surface area contributed by atoms with Gasteiger partial charge in [0, 0.05) is 5.69 Å². The molecule has 0 saturated heterocycles. The molecule has 3 aromatic rings. The van der Waals surface area contributed by atoms with Gasteiger partial charge in [0.25, 0.3) is 5.91 Å². The highest BCUT2D eigenvalue weighted by atomic mass is 16.1. The monoisotopic (exact) mass is 319 g/mol. The highest BCUT2D eigenvalue weighted by Crippen LogP contribution is 2.18. The molecule has 0 radical (unpaired) electrons. The fraction of sp³-hybridized carbons (Fsp3) is 0.200. The number of nitrogens with one attached hydrogen (secondary N) is 1. The first-order valence-electron chi connectivity index (χ1n) is 8.10. The van der Waals surface area contributed by atoms with E-state index in [1.54, 1.807) is 6.20 Å². The van der Waals surface area contributed by atoms with Gasteiger partial charge >= 0.3 is 0 Å². The number of anilines is 1. The molecule has 3 rings (SSSR count). The van der Waals surface area contributed by atoms with Gasteiger partial charge in [-0.15, -0.1) is 0 Å². The van der Waals surface area contributed by atoms with E-state index in [2.05, 4.69) is 10.4 Å². The van der Waals surface area contributed by atoms with Gasteiger partial charge in [0.15, 0.2) is 0 Å². The molecule has 1 N–H and O–H groups in total. The summed E-state index contributed by atoms with van der Waals surface area (Å²) in [5.41, 5.74) is 5.58. The van der Waals surface area contributed by atoms with E-state index in [4.69, 9.17) is 0 Å². The summed E-state index contributed by atoms with van der Waals surface area (Å²) in [6.45, 7) is 6.09. The Bertz CT molecular complexity index is 863. The Hall–Kier alpha value is -2.88. The molecule has 0 spiro atoms. The van der Waals surface area contributed by atoms with Crippen molar-refractivity contribution in [1.29, 1.82) is 0 Å². The average Bonchev–Trinajstić information content (AvgIpc) is 2.99. The lowest BCUT2D eigenvalue weighted by molar-refractivity contribution is 0.102. The zero-order valence-corrected chi connectivity index (χ0v) is 14.2. The van der Waals surface area contributed by atoms with Crippen molar-refractivity contribution in [1.82, 2.24) is 9.78 Å². The van der Waals surface area contributed by atoms with Crippen molar-refractivity contribution in [2.24, 2.45) is 0 Å². The van der Waals surface area contributed by atoms with Gasteiger partial charge in [-0.2, -0.15) is 5.10 Å². The molecule has 1 amide bonds. The minimum Gasteiger partial charge on any atom is -0.322 e. The molecule has 122 valence electrons. The molecule has 4 nitrogen and oxygen atoms in total. The molecule has 2 aromatic carbocycles. The lowest BCUT2D eigenvalue weighted by Gasteiger charge is -2.09. The second-order valence-electron chi connectivity index (χ2n) is 5.93. The number of nitrogens with zero attached hydrogens (tertiary/aromatic N) is 2. The van der Waals surface area contributed by atoms with Crippen LogP contribution in [-0.2, 0) is 6.42 Å². The minimum absolute atomic E-state index is 0.129. The molecule has 24 heavy (non-hydrogen) atoms. The SMILES string of the molecule is CCc1c(C(=O)Nc2cccc(C)c2)cnn1-c1ccc(C)cc1. The van der Waals surface area contributed by atoms with Crippen LogP contribution in [0.4, 0.5) is 5.69 Å². The molecule has 0 aliphatic rings. The highest BCUT2D eigenvalue weighted by molar-refractivity contribution is 6.05. The first-order chi connectivity index (χ1) is 11.6. The summed E-state index contributed by atoms with van der Waals surface area (Å²) in [7, 11) is 0. The van der Waals surface area contributed by atoms with E-state index in [0.717, 1.165) is 29.1 Å². The van der Waals surface area contributed by atoms with Crippen LogP contribution in [0, 0.1) is 13.8 Å². The summed E-state index contributed by atoms with van der Waals surface area (Å²) in [6, 6.07) is 15.9. The highest BCUT2D eigenvalue weighted by Gasteiger charge is 2.17. The van der Waals surface area contributed by atoms with Gasteiger partial charge < -0.3 is 5.32 Å². The van der Waals surface area contributed by atoms with Crippen LogP contribution in [0.2, 0.25) is 0 Å². The predicted molar refractivity (Wildman–Crippen MR) is 96.8 cm³/mol. The smallest absolute Gasteiger partial charge is 0.259 e. The fourth-order valence-electron chi connectivity index (χ4n) is 2.73. The Labute approximate surface area is 142 Å². The van der Waals surface area contributed by atoms with Crippen LogP contribution >= 0.6 is 0 Å². The third-order valence-electron chi connectivity index (χ3n) is 4.00. The number of benzene rings is 2. The summed E-state index contributed by atoms with van der Waals surface area (Å²) in [4.78, 5) is 12.6. The van der Waals surface area contributed by atoms with Crippen molar-refractivity contribution < 1.29 is 4.79 Å². The van der Waals surface area contributed by atoms with Crippen LogP contribution in [0.5, 0.6) is 0 Å². The fourth-order valence-corrected chi connectivity index (χ4v) is 2.73. The second kappa shape index (κ2) is 6.71. The maximum absolute atomic E-state index is 12.6. The van der Waals surface area contributed by atoms with Crippen molar-refractivity contribution in [3.8, 4) is 5.69 Å². The number of carbonyl (C=O) groups is 1. The summed E-state index contributed by atoms with van der Waals surface area (Å²) in [5.74, 6) is -0.129. The quantitative estimate of drug-likeness (QED) is 0.779. The van der Waals surface area contributed by atoms with Crippen molar-refractivity contribution in [3.05, 3.63) is 77.1 Å². The van der Waals surface area contributed by atoms with E-state index >= 15 is 0 Å². The van der Waals surface area contributed by atoms with Crippen LogP contribution in [0.1, 0.15) is 34.1 Å².